The summed E-state index contributed by atoms with van der Waals surface area (Å²) in [6.07, 6.45) is 0.368. The van der Waals surface area contributed by atoms with E-state index in [1.165, 1.54) is 0 Å². The van der Waals surface area contributed by atoms with Crippen LogP contribution < -0.4 is 16.4 Å². The third kappa shape index (κ3) is 2.79. The molecule has 0 bridgehead atoms. The van der Waals surface area contributed by atoms with Gasteiger partial charge >= 0.3 is 0 Å². The standard InChI is InChI=1S/C14H17N3O3/c1-14(2)13(20)16-10(12(19)17-14)7-8-3-5-9(6-4-8)11(15)18/h3-6,10H,7H2,1-2H3,(H2,15,18)(H,16,20)(H,17,19). The number of hydrogen-bond acceptors (Lipinski definition) is 3. The highest BCUT2D eigenvalue weighted by Crippen LogP contribution is 2.13. The van der Waals surface area contributed by atoms with Crippen molar-refractivity contribution < 1.29 is 14.4 Å². The highest BCUT2D eigenvalue weighted by molar-refractivity contribution is 5.99. The molecule has 0 radical (unpaired) electrons. The van der Waals surface area contributed by atoms with E-state index in [-0.39, 0.29) is 11.8 Å². The zero-order valence-corrected chi connectivity index (χ0v) is 11.4. The number of carbonyl (C=O) groups is 3. The molecule has 1 heterocycles. The summed E-state index contributed by atoms with van der Waals surface area (Å²) >= 11 is 0. The second-order valence-corrected chi connectivity index (χ2v) is 5.41. The van der Waals surface area contributed by atoms with Gasteiger partial charge in [0, 0.05) is 12.0 Å². The van der Waals surface area contributed by atoms with E-state index >= 15 is 0 Å². The first-order valence-electron chi connectivity index (χ1n) is 6.31. The first kappa shape index (κ1) is 14.0. The zero-order chi connectivity index (χ0) is 14.9. The van der Waals surface area contributed by atoms with Crippen molar-refractivity contribution in [3.8, 4) is 0 Å². The van der Waals surface area contributed by atoms with Gasteiger partial charge in [0.05, 0.1) is 0 Å². The number of carbonyl (C=O) groups excluding carboxylic acids is 3. The van der Waals surface area contributed by atoms with Gasteiger partial charge in [-0.2, -0.15) is 0 Å². The number of primary amides is 1. The maximum atomic E-state index is 11.9. The zero-order valence-electron chi connectivity index (χ0n) is 11.4. The van der Waals surface area contributed by atoms with Crippen LogP contribution in [0, 0.1) is 0 Å². The van der Waals surface area contributed by atoms with E-state index in [1.54, 1.807) is 38.1 Å². The number of hydrogen-bond donors (Lipinski definition) is 3. The first-order chi connectivity index (χ1) is 9.29. The van der Waals surface area contributed by atoms with Crippen LogP contribution in [0.4, 0.5) is 0 Å². The fraction of sp³-hybridized carbons (Fsp3) is 0.357. The van der Waals surface area contributed by atoms with Crippen molar-refractivity contribution in [3.63, 3.8) is 0 Å². The third-order valence-corrected chi connectivity index (χ3v) is 3.30. The van der Waals surface area contributed by atoms with Crippen LogP contribution in [0.3, 0.4) is 0 Å². The van der Waals surface area contributed by atoms with Crippen molar-refractivity contribution in [3.05, 3.63) is 35.4 Å². The normalized spacial score (nSPS) is 21.0. The van der Waals surface area contributed by atoms with Crippen molar-refractivity contribution in [1.82, 2.24) is 10.6 Å². The van der Waals surface area contributed by atoms with Gasteiger partial charge in [-0.3, -0.25) is 14.4 Å². The highest BCUT2D eigenvalue weighted by Gasteiger charge is 2.39. The van der Waals surface area contributed by atoms with Gasteiger partial charge in [-0.05, 0) is 31.5 Å². The predicted molar refractivity (Wildman–Crippen MR) is 72.8 cm³/mol. The minimum absolute atomic E-state index is 0.212. The Morgan fingerprint density at radius 2 is 1.85 bits per heavy atom. The fourth-order valence-corrected chi connectivity index (χ4v) is 2.04. The van der Waals surface area contributed by atoms with E-state index in [0.717, 1.165) is 5.56 Å². The van der Waals surface area contributed by atoms with E-state index < -0.39 is 17.5 Å². The van der Waals surface area contributed by atoms with Gasteiger partial charge in [0.2, 0.25) is 17.7 Å². The number of nitrogens with two attached hydrogens (primary N) is 1. The maximum absolute atomic E-state index is 11.9. The number of nitrogens with one attached hydrogen (secondary N) is 2. The van der Waals surface area contributed by atoms with Crippen LogP contribution in [-0.2, 0) is 16.0 Å². The molecule has 0 saturated carbocycles. The quantitative estimate of drug-likeness (QED) is 0.707. The van der Waals surface area contributed by atoms with E-state index in [1.807, 2.05) is 0 Å². The smallest absolute Gasteiger partial charge is 0.248 e. The summed E-state index contributed by atoms with van der Waals surface area (Å²) in [6.45, 7) is 3.30. The lowest BCUT2D eigenvalue weighted by Gasteiger charge is -2.34. The second kappa shape index (κ2) is 4.96. The molecule has 6 heteroatoms. The fourth-order valence-electron chi connectivity index (χ4n) is 2.04. The maximum Gasteiger partial charge on any atom is 0.248 e. The minimum Gasteiger partial charge on any atom is -0.366 e. The molecule has 1 saturated heterocycles. The van der Waals surface area contributed by atoms with Crippen LogP contribution in [-0.4, -0.2) is 29.3 Å². The Morgan fingerprint density at radius 1 is 1.25 bits per heavy atom. The Hall–Kier alpha value is -2.37. The molecule has 106 valence electrons. The van der Waals surface area contributed by atoms with Crippen molar-refractivity contribution >= 4 is 17.7 Å². The van der Waals surface area contributed by atoms with Crippen LogP contribution in [0.1, 0.15) is 29.8 Å². The molecule has 20 heavy (non-hydrogen) atoms. The summed E-state index contributed by atoms with van der Waals surface area (Å²) in [5.74, 6) is -0.925. The lowest BCUT2D eigenvalue weighted by Crippen LogP contribution is -2.67. The average Bonchev–Trinajstić information content (AvgIpc) is 2.36. The van der Waals surface area contributed by atoms with Gasteiger partial charge in [0.15, 0.2) is 0 Å². The predicted octanol–water partition coefficient (Wildman–Crippen LogP) is -0.279. The molecule has 3 amide bonds. The lowest BCUT2D eigenvalue weighted by atomic mass is 9.95. The Bertz CT molecular complexity index is 564. The van der Waals surface area contributed by atoms with E-state index in [0.29, 0.717) is 12.0 Å². The molecular formula is C14H17N3O3. The average molecular weight is 275 g/mol. The summed E-state index contributed by atoms with van der Waals surface area (Å²) < 4.78 is 0. The van der Waals surface area contributed by atoms with Gasteiger partial charge in [0.1, 0.15) is 11.6 Å². The molecule has 2 rings (SSSR count). The second-order valence-electron chi connectivity index (χ2n) is 5.41. The SMILES string of the molecule is CC1(C)NC(=O)C(Cc2ccc(C(N)=O)cc2)NC1=O. The number of benzene rings is 1. The van der Waals surface area contributed by atoms with Gasteiger partial charge in [0.25, 0.3) is 0 Å². The Morgan fingerprint density at radius 3 is 2.40 bits per heavy atom. The molecule has 1 aliphatic heterocycles. The number of piperazine rings is 1. The largest absolute Gasteiger partial charge is 0.366 e. The molecule has 1 atom stereocenters. The van der Waals surface area contributed by atoms with Crippen molar-refractivity contribution in [1.29, 1.82) is 0 Å². The molecule has 0 spiro atoms. The van der Waals surface area contributed by atoms with Crippen LogP contribution >= 0.6 is 0 Å². The van der Waals surface area contributed by atoms with Gasteiger partial charge in [-0.25, -0.2) is 0 Å². The third-order valence-electron chi connectivity index (χ3n) is 3.30. The highest BCUT2D eigenvalue weighted by atomic mass is 16.2. The molecule has 6 nitrogen and oxygen atoms in total. The monoisotopic (exact) mass is 275 g/mol. The van der Waals surface area contributed by atoms with Gasteiger partial charge in [-0.1, -0.05) is 12.1 Å². The molecule has 1 aromatic rings. The van der Waals surface area contributed by atoms with Crippen molar-refractivity contribution in [2.24, 2.45) is 5.73 Å². The molecule has 0 aromatic heterocycles. The van der Waals surface area contributed by atoms with Crippen LogP contribution in [0.5, 0.6) is 0 Å². The molecule has 1 aliphatic rings. The van der Waals surface area contributed by atoms with Crippen molar-refractivity contribution in [2.75, 3.05) is 0 Å². The minimum atomic E-state index is -0.886. The summed E-state index contributed by atoms with van der Waals surface area (Å²) in [6, 6.07) is 6.04. The molecular weight excluding hydrogens is 258 g/mol. The summed E-state index contributed by atoms with van der Waals surface area (Å²) in [5.41, 5.74) is 5.52. The van der Waals surface area contributed by atoms with Crippen molar-refractivity contribution in [2.45, 2.75) is 31.8 Å². The summed E-state index contributed by atoms with van der Waals surface area (Å²) in [5, 5.41) is 5.38. The van der Waals surface area contributed by atoms with E-state index in [9.17, 15) is 14.4 Å². The van der Waals surface area contributed by atoms with E-state index in [4.69, 9.17) is 5.73 Å². The molecule has 1 unspecified atom stereocenters. The van der Waals surface area contributed by atoms with E-state index in [2.05, 4.69) is 10.6 Å². The Kier molecular flexibility index (Phi) is 3.48. The van der Waals surface area contributed by atoms with Gasteiger partial charge < -0.3 is 16.4 Å². The summed E-state index contributed by atoms with van der Waals surface area (Å²) in [7, 11) is 0. The molecule has 1 aromatic carbocycles. The number of rotatable bonds is 3. The van der Waals surface area contributed by atoms with Crippen LogP contribution in [0.2, 0.25) is 0 Å². The topological polar surface area (TPSA) is 101 Å². The Labute approximate surface area is 116 Å². The number of amides is 3. The first-order valence-corrected chi connectivity index (χ1v) is 6.31. The molecule has 1 fully saturated rings. The Balaban J connectivity index is 2.08. The lowest BCUT2D eigenvalue weighted by molar-refractivity contribution is -0.140. The molecule has 4 N–H and O–H groups in total. The molecule has 0 aliphatic carbocycles. The van der Waals surface area contributed by atoms with Crippen LogP contribution in [0.25, 0.3) is 0 Å². The van der Waals surface area contributed by atoms with Crippen LogP contribution in [0.15, 0.2) is 24.3 Å². The summed E-state index contributed by atoms with van der Waals surface area (Å²) in [4.78, 5) is 34.7. The van der Waals surface area contributed by atoms with Gasteiger partial charge in [-0.15, -0.1) is 0 Å².